The highest BCUT2D eigenvalue weighted by Gasteiger charge is 2.48. The van der Waals surface area contributed by atoms with Gasteiger partial charge in [0.15, 0.2) is 0 Å². The lowest BCUT2D eigenvalue weighted by Crippen LogP contribution is -2.56. The summed E-state index contributed by atoms with van der Waals surface area (Å²) in [7, 11) is -1.71. The molecule has 0 fully saturated rings. The molecular formula is C29H37BN4O5. The molecule has 4 N–H and O–H groups in total. The smallest absolute Gasteiger partial charge is 0.426 e. The molecule has 2 unspecified atom stereocenters. The summed E-state index contributed by atoms with van der Waals surface area (Å²) in [6.07, 6.45) is 2.63. The monoisotopic (exact) mass is 532 g/mol. The predicted octanol–water partition coefficient (Wildman–Crippen LogP) is 3.25. The molecule has 2 heterocycles. The Labute approximate surface area is 229 Å². The molecule has 3 aromatic rings. The zero-order valence-corrected chi connectivity index (χ0v) is 22.9. The minimum Gasteiger partial charge on any atom is -0.426 e. The third-order valence-corrected chi connectivity index (χ3v) is 6.98. The van der Waals surface area contributed by atoms with Crippen LogP contribution in [0.15, 0.2) is 65.9 Å². The van der Waals surface area contributed by atoms with Crippen LogP contribution in [0.1, 0.15) is 62.5 Å². The maximum absolute atomic E-state index is 13.6. The van der Waals surface area contributed by atoms with Crippen LogP contribution >= 0.6 is 0 Å². The van der Waals surface area contributed by atoms with Gasteiger partial charge in [-0.25, -0.2) is 0 Å². The average molecular weight is 532 g/mol. The number of fused-ring (bicyclic) bond motifs is 1. The Hall–Kier alpha value is -3.63. The second kappa shape index (κ2) is 12.0. The molecule has 2 aromatic carbocycles. The van der Waals surface area contributed by atoms with Gasteiger partial charge in [0.05, 0.1) is 23.8 Å². The Balaban J connectivity index is 1.50. The second-order valence-electron chi connectivity index (χ2n) is 10.9. The van der Waals surface area contributed by atoms with E-state index < -0.39 is 24.6 Å². The largest absolute Gasteiger partial charge is 0.475 e. The zero-order chi connectivity index (χ0) is 28.2. The molecule has 0 saturated heterocycles. The van der Waals surface area contributed by atoms with Crippen LogP contribution in [0.5, 0.6) is 0 Å². The molecule has 0 bridgehead atoms. The Bertz CT molecular complexity index is 1340. The van der Waals surface area contributed by atoms with Gasteiger partial charge < -0.3 is 30.1 Å². The number of carbonyl (C=O) groups is 2. The summed E-state index contributed by atoms with van der Waals surface area (Å²) < 4.78 is 2.07. The molecule has 9 nitrogen and oxygen atoms in total. The van der Waals surface area contributed by atoms with Gasteiger partial charge in [0, 0.05) is 36.0 Å². The first-order valence-corrected chi connectivity index (χ1v) is 13.4. The molecule has 1 aromatic heterocycles. The van der Waals surface area contributed by atoms with Gasteiger partial charge in [-0.2, -0.15) is 0 Å². The van der Waals surface area contributed by atoms with Crippen LogP contribution in [0.2, 0.25) is 0 Å². The van der Waals surface area contributed by atoms with Crippen LogP contribution in [-0.2, 0) is 16.1 Å². The van der Waals surface area contributed by atoms with E-state index in [-0.39, 0.29) is 37.3 Å². The van der Waals surface area contributed by atoms with Crippen molar-refractivity contribution in [1.82, 2.24) is 15.2 Å². The molecule has 2 amide bonds. The molecule has 0 saturated carbocycles. The molecule has 2 atom stereocenters. The van der Waals surface area contributed by atoms with Crippen molar-refractivity contribution < 1.29 is 24.5 Å². The topological polar surface area (TPSA) is 125 Å². The minimum absolute atomic E-state index is 0.113. The van der Waals surface area contributed by atoms with Crippen molar-refractivity contribution in [1.29, 1.82) is 0 Å². The molecule has 0 radical (unpaired) electrons. The number of rotatable bonds is 11. The first kappa shape index (κ1) is 28.4. The lowest BCUT2D eigenvalue weighted by atomic mass is 9.74. The molecule has 206 valence electrons. The summed E-state index contributed by atoms with van der Waals surface area (Å²) in [5, 5.41) is 30.5. The fourth-order valence-corrected chi connectivity index (χ4v) is 5.02. The summed E-state index contributed by atoms with van der Waals surface area (Å²) in [4.78, 5) is 32.6. The highest BCUT2D eigenvalue weighted by molar-refractivity contribution is 6.43. The number of hydrogen-bond acceptors (Lipinski definition) is 6. The number of oxime groups is 1. The van der Waals surface area contributed by atoms with Crippen LogP contribution < -0.4 is 10.6 Å². The van der Waals surface area contributed by atoms with E-state index in [1.54, 1.807) is 0 Å². The van der Waals surface area contributed by atoms with E-state index in [0.29, 0.717) is 17.7 Å². The number of nitrogens with one attached hydrogen (secondary N) is 2. The van der Waals surface area contributed by atoms with E-state index in [0.717, 1.165) is 16.5 Å². The first-order chi connectivity index (χ1) is 18.6. The summed E-state index contributed by atoms with van der Waals surface area (Å²) in [6.45, 7) is 8.13. The lowest BCUT2D eigenvalue weighted by molar-refractivity contribution is -0.144. The maximum atomic E-state index is 13.6. The molecule has 39 heavy (non-hydrogen) atoms. The lowest BCUT2D eigenvalue weighted by Gasteiger charge is -2.29. The number of hydrogen-bond donors (Lipinski definition) is 4. The summed E-state index contributed by atoms with van der Waals surface area (Å²) in [6, 6.07) is 17.4. The van der Waals surface area contributed by atoms with E-state index in [2.05, 4.69) is 34.2 Å². The van der Waals surface area contributed by atoms with Crippen molar-refractivity contribution in [3.8, 4) is 0 Å². The number of amides is 2. The minimum atomic E-state index is -1.71. The summed E-state index contributed by atoms with van der Waals surface area (Å²) in [5.41, 5.74) is 1.58. The number of nitrogens with zero attached hydrogens (tertiary/aromatic N) is 2. The standard InChI is InChI=1S/C29H37BN4O5/c1-19(2)14-26(30(37)38)32-28(36)29(15-21-10-6-5-7-11-21)16-22(33-39-29)17-31-27(35)24-18-34(20(3)4)25-13-9-8-12-23(24)25/h5-13,18-20,26,37-38H,14-17H2,1-4H3,(H,31,35)(H,32,36). The second-order valence-corrected chi connectivity index (χ2v) is 10.9. The molecule has 4 rings (SSSR count). The SMILES string of the molecule is CC(C)CC(NC(=O)C1(Cc2ccccc2)CC(CNC(=O)c2cn(C(C)C)c3ccccc23)=NO1)B(O)O. The van der Waals surface area contributed by atoms with Crippen LogP contribution in [0.25, 0.3) is 10.9 Å². The van der Waals surface area contributed by atoms with Crippen molar-refractivity contribution in [2.75, 3.05) is 6.54 Å². The first-order valence-electron chi connectivity index (χ1n) is 13.4. The van der Waals surface area contributed by atoms with Crippen LogP contribution in [0, 0.1) is 5.92 Å². The molecule has 0 aliphatic carbocycles. The van der Waals surface area contributed by atoms with Crippen LogP contribution in [0.4, 0.5) is 0 Å². The third-order valence-electron chi connectivity index (χ3n) is 6.98. The van der Waals surface area contributed by atoms with Crippen molar-refractivity contribution in [2.45, 2.75) is 64.5 Å². The number of carbonyl (C=O) groups excluding carboxylic acids is 2. The van der Waals surface area contributed by atoms with E-state index in [1.165, 1.54) is 0 Å². The number of benzene rings is 2. The fraction of sp³-hybridized carbons (Fsp3) is 0.414. The average Bonchev–Trinajstić information content (AvgIpc) is 3.50. The van der Waals surface area contributed by atoms with Gasteiger partial charge in [0.25, 0.3) is 11.8 Å². The highest BCUT2D eigenvalue weighted by atomic mass is 16.7. The highest BCUT2D eigenvalue weighted by Crippen LogP contribution is 2.30. The summed E-state index contributed by atoms with van der Waals surface area (Å²) >= 11 is 0. The molecule has 10 heteroatoms. The molecular weight excluding hydrogens is 495 g/mol. The molecule has 0 spiro atoms. The normalized spacial score (nSPS) is 17.7. The Morgan fingerprint density at radius 2 is 1.77 bits per heavy atom. The Morgan fingerprint density at radius 1 is 1.08 bits per heavy atom. The van der Waals surface area contributed by atoms with Crippen LogP contribution in [0.3, 0.4) is 0 Å². The Kier molecular flexibility index (Phi) is 8.77. The van der Waals surface area contributed by atoms with Crippen molar-refractivity contribution in [2.24, 2.45) is 11.1 Å². The fourth-order valence-electron chi connectivity index (χ4n) is 5.02. The van der Waals surface area contributed by atoms with Crippen LogP contribution in [-0.4, -0.2) is 57.3 Å². The summed E-state index contributed by atoms with van der Waals surface area (Å²) in [5.74, 6) is -1.43. The van der Waals surface area contributed by atoms with Gasteiger partial charge in [-0.3, -0.25) is 9.59 Å². The van der Waals surface area contributed by atoms with E-state index in [4.69, 9.17) is 4.84 Å². The maximum Gasteiger partial charge on any atom is 0.475 e. The third kappa shape index (κ3) is 6.51. The zero-order valence-electron chi connectivity index (χ0n) is 22.9. The van der Waals surface area contributed by atoms with E-state index >= 15 is 0 Å². The number of para-hydroxylation sites is 1. The van der Waals surface area contributed by atoms with E-state index in [9.17, 15) is 19.6 Å². The van der Waals surface area contributed by atoms with Gasteiger partial charge in [-0.1, -0.05) is 67.5 Å². The van der Waals surface area contributed by atoms with Crippen molar-refractivity contribution in [3.63, 3.8) is 0 Å². The van der Waals surface area contributed by atoms with Gasteiger partial charge in [-0.15, -0.1) is 0 Å². The van der Waals surface area contributed by atoms with Crippen molar-refractivity contribution >= 4 is 35.5 Å². The van der Waals surface area contributed by atoms with Gasteiger partial charge in [0.1, 0.15) is 0 Å². The van der Waals surface area contributed by atoms with Gasteiger partial charge >= 0.3 is 7.12 Å². The number of aromatic nitrogens is 1. The Morgan fingerprint density at radius 3 is 2.44 bits per heavy atom. The quantitative estimate of drug-likeness (QED) is 0.282. The van der Waals surface area contributed by atoms with E-state index in [1.807, 2.05) is 74.6 Å². The predicted molar refractivity (Wildman–Crippen MR) is 152 cm³/mol. The van der Waals surface area contributed by atoms with Crippen molar-refractivity contribution in [3.05, 3.63) is 71.9 Å². The van der Waals surface area contributed by atoms with Gasteiger partial charge in [0.2, 0.25) is 5.60 Å². The molecule has 1 aliphatic rings. The van der Waals surface area contributed by atoms with Gasteiger partial charge in [-0.05, 0) is 37.8 Å². The molecule has 1 aliphatic heterocycles.